The van der Waals surface area contributed by atoms with Gasteiger partial charge >= 0.3 is 0 Å². The lowest BCUT2D eigenvalue weighted by Crippen LogP contribution is -2.28. The molecule has 16 heavy (non-hydrogen) atoms. The Morgan fingerprint density at radius 2 is 2.19 bits per heavy atom. The van der Waals surface area contributed by atoms with E-state index in [2.05, 4.69) is 48.4 Å². The van der Waals surface area contributed by atoms with Gasteiger partial charge in [-0.05, 0) is 34.1 Å². The molecule has 0 atom stereocenters. The Hall–Kier alpha value is -0.830. The molecule has 1 amide bonds. The zero-order chi connectivity index (χ0) is 12.0. The lowest BCUT2D eigenvalue weighted by atomic mass is 10.3. The van der Waals surface area contributed by atoms with Crippen molar-refractivity contribution in [3.05, 3.63) is 27.1 Å². The van der Waals surface area contributed by atoms with Gasteiger partial charge in [-0.2, -0.15) is 0 Å². The largest absolute Gasteiger partial charge is 0.324 e. The van der Waals surface area contributed by atoms with Gasteiger partial charge in [-0.25, -0.2) is 0 Å². The second-order valence-corrected chi connectivity index (χ2v) is 4.75. The summed E-state index contributed by atoms with van der Waals surface area (Å²) in [6, 6.07) is 5.56. The van der Waals surface area contributed by atoms with Crippen molar-refractivity contribution in [2.45, 2.75) is 0 Å². The van der Waals surface area contributed by atoms with Crippen molar-refractivity contribution in [1.29, 1.82) is 0 Å². The molecular weight excluding hydrogens is 336 g/mol. The van der Waals surface area contributed by atoms with Crippen LogP contribution in [0.2, 0.25) is 0 Å². The minimum absolute atomic E-state index is 0.131. The molecule has 1 aromatic rings. The standard InChI is InChI=1S/C11H10Br2N2O/c1-2-5-14-7-11(16)15-10-6-8(12)3-4-9(10)13/h1,3-4,6,14H,5,7H2,(H,15,16). The van der Waals surface area contributed by atoms with Crippen LogP contribution in [0.25, 0.3) is 0 Å². The lowest BCUT2D eigenvalue weighted by Gasteiger charge is -2.07. The number of benzene rings is 1. The van der Waals surface area contributed by atoms with E-state index in [1.807, 2.05) is 18.2 Å². The third-order valence-corrected chi connectivity index (χ3v) is 2.90. The summed E-state index contributed by atoms with van der Waals surface area (Å²) >= 11 is 6.69. The van der Waals surface area contributed by atoms with Crippen LogP contribution in [0.5, 0.6) is 0 Å². The van der Waals surface area contributed by atoms with E-state index < -0.39 is 0 Å². The van der Waals surface area contributed by atoms with E-state index in [0.29, 0.717) is 6.54 Å². The first-order chi connectivity index (χ1) is 7.63. The summed E-state index contributed by atoms with van der Waals surface area (Å²) in [4.78, 5) is 11.5. The number of hydrogen-bond donors (Lipinski definition) is 2. The zero-order valence-electron chi connectivity index (χ0n) is 8.39. The van der Waals surface area contributed by atoms with Crippen LogP contribution in [0.1, 0.15) is 0 Å². The van der Waals surface area contributed by atoms with E-state index in [1.54, 1.807) is 0 Å². The maximum absolute atomic E-state index is 11.5. The molecule has 0 radical (unpaired) electrons. The lowest BCUT2D eigenvalue weighted by molar-refractivity contribution is -0.115. The Labute approximate surface area is 111 Å². The highest BCUT2D eigenvalue weighted by Crippen LogP contribution is 2.25. The SMILES string of the molecule is C#CCNCC(=O)Nc1cc(Br)ccc1Br. The minimum Gasteiger partial charge on any atom is -0.324 e. The number of hydrogen-bond acceptors (Lipinski definition) is 2. The molecule has 1 rings (SSSR count). The van der Waals surface area contributed by atoms with E-state index in [1.165, 1.54) is 0 Å². The number of amides is 1. The van der Waals surface area contributed by atoms with Crippen LogP contribution in [0.3, 0.4) is 0 Å². The number of carbonyl (C=O) groups is 1. The maximum atomic E-state index is 11.5. The Kier molecular flexibility index (Phi) is 5.53. The van der Waals surface area contributed by atoms with Gasteiger partial charge in [0.15, 0.2) is 0 Å². The number of anilines is 1. The smallest absolute Gasteiger partial charge is 0.238 e. The number of rotatable bonds is 4. The Balaban J connectivity index is 2.56. The fourth-order valence-corrected chi connectivity index (χ4v) is 1.74. The van der Waals surface area contributed by atoms with Gasteiger partial charge in [0, 0.05) is 8.95 Å². The second-order valence-electron chi connectivity index (χ2n) is 2.98. The zero-order valence-corrected chi connectivity index (χ0v) is 11.6. The third-order valence-electron chi connectivity index (χ3n) is 1.72. The molecule has 0 bridgehead atoms. The first-order valence-corrected chi connectivity index (χ1v) is 6.11. The fraction of sp³-hybridized carbons (Fsp3) is 0.182. The average Bonchev–Trinajstić information content (AvgIpc) is 2.24. The van der Waals surface area contributed by atoms with Crippen LogP contribution in [0.4, 0.5) is 5.69 Å². The number of terminal acetylenes is 1. The normalized spacial score (nSPS) is 9.56. The summed E-state index contributed by atoms with van der Waals surface area (Å²) in [6.45, 7) is 0.580. The predicted molar refractivity (Wildman–Crippen MR) is 72.2 cm³/mol. The molecule has 0 fully saturated rings. The highest BCUT2D eigenvalue weighted by Gasteiger charge is 2.05. The highest BCUT2D eigenvalue weighted by molar-refractivity contribution is 9.11. The van der Waals surface area contributed by atoms with Crippen molar-refractivity contribution in [2.75, 3.05) is 18.4 Å². The van der Waals surface area contributed by atoms with Gasteiger partial charge in [0.25, 0.3) is 0 Å². The second kappa shape index (κ2) is 6.69. The first-order valence-electron chi connectivity index (χ1n) is 4.52. The molecule has 0 aliphatic heterocycles. The van der Waals surface area contributed by atoms with Crippen molar-refractivity contribution in [3.8, 4) is 12.3 Å². The van der Waals surface area contributed by atoms with Crippen molar-refractivity contribution in [2.24, 2.45) is 0 Å². The summed E-state index contributed by atoms with van der Waals surface area (Å²) < 4.78 is 1.74. The van der Waals surface area contributed by atoms with E-state index in [0.717, 1.165) is 14.6 Å². The molecule has 5 heteroatoms. The van der Waals surface area contributed by atoms with Crippen LogP contribution in [0.15, 0.2) is 27.1 Å². The molecule has 0 aliphatic rings. The topological polar surface area (TPSA) is 41.1 Å². The van der Waals surface area contributed by atoms with Crippen molar-refractivity contribution in [3.63, 3.8) is 0 Å². The molecule has 2 N–H and O–H groups in total. The minimum atomic E-state index is -0.131. The Bertz CT molecular complexity index is 426. The quantitative estimate of drug-likeness (QED) is 0.649. The molecule has 0 saturated heterocycles. The fourth-order valence-electron chi connectivity index (χ4n) is 1.04. The number of nitrogens with one attached hydrogen (secondary N) is 2. The average molecular weight is 346 g/mol. The van der Waals surface area contributed by atoms with Crippen molar-refractivity contribution >= 4 is 43.5 Å². The molecule has 0 aliphatic carbocycles. The van der Waals surface area contributed by atoms with Crippen molar-refractivity contribution < 1.29 is 4.79 Å². The highest BCUT2D eigenvalue weighted by atomic mass is 79.9. The molecule has 0 unspecified atom stereocenters. The van der Waals surface area contributed by atoms with E-state index >= 15 is 0 Å². The third kappa shape index (κ3) is 4.35. The van der Waals surface area contributed by atoms with E-state index in [4.69, 9.17) is 6.42 Å². The van der Waals surface area contributed by atoms with Crippen LogP contribution in [-0.4, -0.2) is 19.0 Å². The first kappa shape index (κ1) is 13.2. The summed E-state index contributed by atoms with van der Waals surface area (Å²) in [6.07, 6.45) is 5.05. The van der Waals surface area contributed by atoms with Gasteiger partial charge in [0.1, 0.15) is 0 Å². The van der Waals surface area contributed by atoms with Crippen LogP contribution >= 0.6 is 31.9 Å². The van der Waals surface area contributed by atoms with Crippen molar-refractivity contribution in [1.82, 2.24) is 5.32 Å². The van der Waals surface area contributed by atoms with Gasteiger partial charge in [-0.1, -0.05) is 21.9 Å². The van der Waals surface area contributed by atoms with Crippen LogP contribution in [-0.2, 0) is 4.79 Å². The molecule has 1 aromatic carbocycles. The van der Waals surface area contributed by atoms with E-state index in [9.17, 15) is 4.79 Å². The van der Waals surface area contributed by atoms with Gasteiger partial charge in [0.05, 0.1) is 18.8 Å². The van der Waals surface area contributed by atoms with Gasteiger partial charge in [0.2, 0.25) is 5.91 Å². The summed E-state index contributed by atoms with van der Waals surface area (Å²) in [7, 11) is 0. The summed E-state index contributed by atoms with van der Waals surface area (Å²) in [5, 5.41) is 5.58. The molecule has 3 nitrogen and oxygen atoms in total. The maximum Gasteiger partial charge on any atom is 0.238 e. The van der Waals surface area contributed by atoms with E-state index in [-0.39, 0.29) is 12.5 Å². The van der Waals surface area contributed by atoms with Gasteiger partial charge < -0.3 is 5.32 Å². The molecule has 84 valence electrons. The summed E-state index contributed by atoms with van der Waals surface area (Å²) in [5.74, 6) is 2.27. The molecular formula is C11H10Br2N2O. The number of halogens is 2. The molecule has 0 saturated carbocycles. The van der Waals surface area contributed by atoms with Gasteiger partial charge in [-0.15, -0.1) is 6.42 Å². The monoisotopic (exact) mass is 344 g/mol. The predicted octanol–water partition coefficient (Wildman–Crippen LogP) is 2.37. The Morgan fingerprint density at radius 3 is 2.88 bits per heavy atom. The molecule has 0 aromatic heterocycles. The molecule has 0 heterocycles. The van der Waals surface area contributed by atoms with Crippen LogP contribution < -0.4 is 10.6 Å². The van der Waals surface area contributed by atoms with Crippen LogP contribution in [0, 0.1) is 12.3 Å². The van der Waals surface area contributed by atoms with Gasteiger partial charge in [-0.3, -0.25) is 10.1 Å². The Morgan fingerprint density at radius 1 is 1.44 bits per heavy atom. The summed E-state index contributed by atoms with van der Waals surface area (Å²) in [5.41, 5.74) is 0.724. The molecule has 0 spiro atoms. The number of carbonyl (C=O) groups excluding carboxylic acids is 1.